The summed E-state index contributed by atoms with van der Waals surface area (Å²) < 4.78 is 6.94. The fourth-order valence-corrected chi connectivity index (χ4v) is 3.51. The van der Waals surface area contributed by atoms with Crippen molar-refractivity contribution in [2.24, 2.45) is 0 Å². The van der Waals surface area contributed by atoms with Crippen molar-refractivity contribution in [3.05, 3.63) is 52.3 Å². The zero-order valence-corrected chi connectivity index (χ0v) is 13.4. The van der Waals surface area contributed by atoms with E-state index < -0.39 is 5.97 Å². The minimum atomic E-state index is -1.01. The highest BCUT2D eigenvalue weighted by Gasteiger charge is 2.23. The fourth-order valence-electron chi connectivity index (χ4n) is 2.19. The van der Waals surface area contributed by atoms with Gasteiger partial charge in [0.1, 0.15) is 17.5 Å². The van der Waals surface area contributed by atoms with Gasteiger partial charge < -0.3 is 9.84 Å². The van der Waals surface area contributed by atoms with Crippen LogP contribution in [-0.2, 0) is 6.42 Å². The van der Waals surface area contributed by atoms with Gasteiger partial charge in [0.05, 0.1) is 0 Å². The number of ether oxygens (including phenoxy) is 1. The number of thioether (sulfide) groups is 1. The molecule has 0 aliphatic carbocycles. The van der Waals surface area contributed by atoms with Gasteiger partial charge in [0.2, 0.25) is 0 Å². The van der Waals surface area contributed by atoms with Crippen LogP contribution in [0.15, 0.2) is 45.9 Å². The Kier molecular flexibility index (Phi) is 4.17. The predicted molar refractivity (Wildman–Crippen MR) is 84.2 cm³/mol. The van der Waals surface area contributed by atoms with Crippen LogP contribution < -0.4 is 4.74 Å². The zero-order valence-electron chi connectivity index (χ0n) is 11.0. The molecule has 0 bridgehead atoms. The molecule has 2 heterocycles. The molecular weight excluding hydrogens is 354 g/mol. The molecule has 1 atom stereocenters. The molecule has 1 aliphatic heterocycles. The van der Waals surface area contributed by atoms with Crippen molar-refractivity contribution in [2.75, 3.05) is 5.75 Å². The van der Waals surface area contributed by atoms with Gasteiger partial charge >= 0.3 is 5.97 Å². The maximum absolute atomic E-state index is 10.9. The van der Waals surface area contributed by atoms with Crippen molar-refractivity contribution in [1.29, 1.82) is 0 Å². The Morgan fingerprint density at radius 2 is 2.29 bits per heavy atom. The van der Waals surface area contributed by atoms with Crippen LogP contribution in [0.3, 0.4) is 0 Å². The predicted octanol–water partition coefficient (Wildman–Crippen LogP) is 3.64. The maximum atomic E-state index is 10.9. The molecule has 0 saturated heterocycles. The van der Waals surface area contributed by atoms with Gasteiger partial charge in [-0.3, -0.25) is 0 Å². The van der Waals surface area contributed by atoms with E-state index in [1.165, 1.54) is 11.8 Å². The minimum absolute atomic E-state index is 0.0690. The molecule has 0 amide bonds. The van der Waals surface area contributed by atoms with Gasteiger partial charge in [-0.05, 0) is 35.9 Å². The van der Waals surface area contributed by atoms with Gasteiger partial charge in [0.25, 0.3) is 0 Å². The van der Waals surface area contributed by atoms with Crippen LogP contribution in [0.2, 0.25) is 0 Å². The van der Waals surface area contributed by atoms with Crippen molar-refractivity contribution in [1.82, 2.24) is 4.98 Å². The third-order valence-electron chi connectivity index (χ3n) is 3.15. The van der Waals surface area contributed by atoms with E-state index in [-0.39, 0.29) is 11.8 Å². The number of fused-ring (bicyclic) bond motifs is 1. The first kappa shape index (κ1) is 14.4. The zero-order chi connectivity index (χ0) is 14.8. The van der Waals surface area contributed by atoms with Crippen molar-refractivity contribution in [3.8, 4) is 5.75 Å². The molecule has 108 valence electrons. The lowest BCUT2D eigenvalue weighted by Gasteiger charge is -2.10. The summed E-state index contributed by atoms with van der Waals surface area (Å²) in [6.07, 6.45) is 2.51. The third kappa shape index (κ3) is 3.39. The Hall–Kier alpha value is -1.53. The molecule has 6 heteroatoms. The lowest BCUT2D eigenvalue weighted by Crippen LogP contribution is -2.15. The standard InChI is InChI=1S/C15H12BrNO3S/c16-10-1-2-14-9(5-10)6-11(20-14)8-21-12-3-4-17-13(7-12)15(18)19/h1-5,7,11H,6,8H2,(H,18,19). The average Bonchev–Trinajstić information content (AvgIpc) is 2.87. The van der Waals surface area contributed by atoms with E-state index in [1.807, 2.05) is 18.2 Å². The molecule has 1 aromatic carbocycles. The van der Waals surface area contributed by atoms with E-state index >= 15 is 0 Å². The van der Waals surface area contributed by atoms with Gasteiger partial charge in [-0.2, -0.15) is 0 Å². The highest BCUT2D eigenvalue weighted by Crippen LogP contribution is 2.33. The Morgan fingerprint density at radius 3 is 3.10 bits per heavy atom. The number of carboxylic acids is 1. The van der Waals surface area contributed by atoms with E-state index in [4.69, 9.17) is 9.84 Å². The van der Waals surface area contributed by atoms with Gasteiger partial charge in [-0.25, -0.2) is 9.78 Å². The van der Waals surface area contributed by atoms with Gasteiger partial charge in [0, 0.05) is 27.7 Å². The van der Waals surface area contributed by atoms with Crippen molar-refractivity contribution < 1.29 is 14.6 Å². The first-order valence-electron chi connectivity index (χ1n) is 6.39. The lowest BCUT2D eigenvalue weighted by atomic mass is 10.1. The Labute approximate surface area is 134 Å². The second kappa shape index (κ2) is 6.07. The summed E-state index contributed by atoms with van der Waals surface area (Å²) in [6.45, 7) is 0. The molecule has 0 spiro atoms. The van der Waals surface area contributed by atoms with Crippen LogP contribution >= 0.6 is 27.7 Å². The monoisotopic (exact) mass is 365 g/mol. The number of hydrogen-bond donors (Lipinski definition) is 1. The highest BCUT2D eigenvalue weighted by molar-refractivity contribution is 9.10. The van der Waals surface area contributed by atoms with E-state index in [0.29, 0.717) is 0 Å². The van der Waals surface area contributed by atoms with Crippen molar-refractivity contribution in [3.63, 3.8) is 0 Å². The number of halogens is 1. The molecule has 0 radical (unpaired) electrons. The summed E-state index contributed by atoms with van der Waals surface area (Å²) in [7, 11) is 0. The topological polar surface area (TPSA) is 59.4 Å². The third-order valence-corrected chi connectivity index (χ3v) is 4.77. The second-order valence-corrected chi connectivity index (χ2v) is 6.70. The normalized spacial score (nSPS) is 16.3. The molecule has 0 fully saturated rings. The van der Waals surface area contributed by atoms with Gasteiger partial charge in [-0.15, -0.1) is 11.8 Å². The maximum Gasteiger partial charge on any atom is 0.354 e. The first-order valence-corrected chi connectivity index (χ1v) is 8.17. The molecule has 1 N–H and O–H groups in total. The van der Waals surface area contributed by atoms with Crippen molar-refractivity contribution >= 4 is 33.7 Å². The number of nitrogens with zero attached hydrogens (tertiary/aromatic N) is 1. The lowest BCUT2D eigenvalue weighted by molar-refractivity contribution is 0.0690. The number of benzene rings is 1. The molecular formula is C15H12BrNO3S. The van der Waals surface area contributed by atoms with Gasteiger partial charge in [0.15, 0.2) is 0 Å². The molecule has 1 unspecified atom stereocenters. The summed E-state index contributed by atoms with van der Waals surface area (Å²) in [5.74, 6) is 0.701. The van der Waals surface area contributed by atoms with E-state index in [0.717, 1.165) is 27.3 Å². The fraction of sp³-hybridized carbons (Fsp3) is 0.200. The Bertz CT molecular complexity index is 692. The highest BCUT2D eigenvalue weighted by atomic mass is 79.9. The number of aromatic carboxylic acids is 1. The van der Waals surface area contributed by atoms with Crippen LogP contribution in [-0.4, -0.2) is 27.9 Å². The summed E-state index contributed by atoms with van der Waals surface area (Å²) in [5, 5.41) is 8.93. The van der Waals surface area contributed by atoms with E-state index in [9.17, 15) is 4.79 Å². The summed E-state index contributed by atoms with van der Waals surface area (Å²) in [5.41, 5.74) is 1.27. The molecule has 4 nitrogen and oxygen atoms in total. The average molecular weight is 366 g/mol. The van der Waals surface area contributed by atoms with Crippen LogP contribution in [0.4, 0.5) is 0 Å². The molecule has 1 aliphatic rings. The smallest absolute Gasteiger partial charge is 0.354 e. The SMILES string of the molecule is O=C(O)c1cc(SCC2Cc3cc(Br)ccc3O2)ccn1. The van der Waals surface area contributed by atoms with Crippen LogP contribution in [0.5, 0.6) is 5.75 Å². The number of rotatable bonds is 4. The first-order chi connectivity index (χ1) is 10.1. The number of carbonyl (C=O) groups is 1. The molecule has 2 aromatic rings. The quantitative estimate of drug-likeness (QED) is 0.838. The summed E-state index contributed by atoms with van der Waals surface area (Å²) in [6, 6.07) is 9.42. The Balaban J connectivity index is 1.62. The number of hydrogen-bond acceptors (Lipinski definition) is 4. The molecule has 1 aromatic heterocycles. The summed E-state index contributed by atoms with van der Waals surface area (Å²) in [4.78, 5) is 15.6. The molecule has 21 heavy (non-hydrogen) atoms. The van der Waals surface area contributed by atoms with E-state index in [1.54, 1.807) is 17.8 Å². The van der Waals surface area contributed by atoms with Gasteiger partial charge in [-0.1, -0.05) is 15.9 Å². The number of carboxylic acid groups (broad SMARTS) is 1. The largest absolute Gasteiger partial charge is 0.489 e. The number of pyridine rings is 1. The second-order valence-electron chi connectivity index (χ2n) is 4.69. The van der Waals surface area contributed by atoms with Crippen LogP contribution in [0.25, 0.3) is 0 Å². The summed E-state index contributed by atoms with van der Waals surface area (Å²) >= 11 is 5.04. The Morgan fingerprint density at radius 1 is 1.43 bits per heavy atom. The molecule has 0 saturated carbocycles. The minimum Gasteiger partial charge on any atom is -0.489 e. The number of aromatic nitrogens is 1. The van der Waals surface area contributed by atoms with E-state index in [2.05, 4.69) is 27.0 Å². The van der Waals surface area contributed by atoms with Crippen LogP contribution in [0, 0.1) is 0 Å². The van der Waals surface area contributed by atoms with Crippen LogP contribution in [0.1, 0.15) is 16.1 Å². The van der Waals surface area contributed by atoms with Crippen molar-refractivity contribution in [2.45, 2.75) is 17.4 Å². The molecule has 3 rings (SSSR count).